The predicted octanol–water partition coefficient (Wildman–Crippen LogP) is 3.33. The minimum Gasteiger partial charge on any atom is -0.387 e. The lowest BCUT2D eigenvalue weighted by Crippen LogP contribution is -2.37. The molecule has 5 heteroatoms. The second kappa shape index (κ2) is 5.55. The number of rotatable bonds is 4. The zero-order chi connectivity index (χ0) is 12.4. The summed E-state index contributed by atoms with van der Waals surface area (Å²) in [6.45, 7) is 0. The van der Waals surface area contributed by atoms with Gasteiger partial charge in [0.2, 0.25) is 0 Å². The molecule has 2 N–H and O–H groups in total. The van der Waals surface area contributed by atoms with Gasteiger partial charge in [-0.3, -0.25) is 0 Å². The van der Waals surface area contributed by atoms with Crippen molar-refractivity contribution in [2.24, 2.45) is 0 Å². The van der Waals surface area contributed by atoms with E-state index in [0.717, 1.165) is 10.9 Å². The summed E-state index contributed by atoms with van der Waals surface area (Å²) in [4.78, 5) is -0.659. The minimum atomic E-state index is -0.718. The van der Waals surface area contributed by atoms with Gasteiger partial charge < -0.3 is 10.4 Å². The molecule has 1 aromatic heterocycles. The van der Waals surface area contributed by atoms with Crippen molar-refractivity contribution >= 4 is 44.6 Å². The quantitative estimate of drug-likeness (QED) is 0.847. The second-order valence-corrected chi connectivity index (χ2v) is 5.92. The zero-order valence-electron chi connectivity index (χ0n) is 9.23. The van der Waals surface area contributed by atoms with Crippen molar-refractivity contribution in [2.45, 2.75) is 17.0 Å². The number of thiophene rings is 1. The monoisotopic (exact) mass is 289 g/mol. The van der Waals surface area contributed by atoms with E-state index in [1.165, 1.54) is 4.70 Å². The Balaban J connectivity index is 2.31. The molecule has 2 rings (SSSR count). The molecule has 0 saturated carbocycles. The maximum Gasteiger partial charge on any atom is 0.125 e. The van der Waals surface area contributed by atoms with E-state index in [9.17, 15) is 5.11 Å². The van der Waals surface area contributed by atoms with Gasteiger partial charge in [-0.15, -0.1) is 34.5 Å². The molecule has 2 aromatic rings. The molecule has 0 aliphatic rings. The first kappa shape index (κ1) is 13.1. The summed E-state index contributed by atoms with van der Waals surface area (Å²) in [7, 11) is 1.73. The number of aliphatic hydroxyl groups excluding tert-OH is 1. The molecule has 0 amide bonds. The van der Waals surface area contributed by atoms with Crippen molar-refractivity contribution in [3.05, 3.63) is 35.2 Å². The summed E-state index contributed by atoms with van der Waals surface area (Å²) in [5.41, 5.74) is 0.821. The summed E-state index contributed by atoms with van der Waals surface area (Å²) >= 11 is 13.3. The molecule has 2 atom stereocenters. The fourth-order valence-corrected chi connectivity index (χ4v) is 3.10. The van der Waals surface area contributed by atoms with Crippen LogP contribution < -0.4 is 5.32 Å². The molecule has 1 aromatic carbocycles. The third-order valence-electron chi connectivity index (χ3n) is 2.76. The Hall–Kier alpha value is -0.320. The largest absolute Gasteiger partial charge is 0.387 e. The van der Waals surface area contributed by atoms with Crippen molar-refractivity contribution in [1.82, 2.24) is 5.32 Å². The normalized spacial score (nSPS) is 15.4. The molecule has 2 nitrogen and oxygen atoms in total. The molecule has 0 fully saturated rings. The molecule has 0 bridgehead atoms. The first-order valence-electron chi connectivity index (χ1n) is 5.24. The number of alkyl halides is 2. The molecular formula is C12H13Cl2NOS. The van der Waals surface area contributed by atoms with Gasteiger partial charge in [0.25, 0.3) is 0 Å². The topological polar surface area (TPSA) is 32.3 Å². The molecule has 92 valence electrons. The van der Waals surface area contributed by atoms with Crippen LogP contribution in [0.1, 0.15) is 11.7 Å². The van der Waals surface area contributed by atoms with E-state index in [2.05, 4.69) is 5.32 Å². The number of fused-ring (bicyclic) bond motifs is 1. The third-order valence-corrected chi connectivity index (χ3v) is 4.20. The molecular weight excluding hydrogens is 277 g/mol. The Morgan fingerprint density at radius 3 is 2.71 bits per heavy atom. The van der Waals surface area contributed by atoms with Crippen LogP contribution in [0.5, 0.6) is 0 Å². The maximum absolute atomic E-state index is 10.2. The van der Waals surface area contributed by atoms with E-state index in [4.69, 9.17) is 23.2 Å². The molecule has 17 heavy (non-hydrogen) atoms. The third kappa shape index (κ3) is 2.75. The zero-order valence-corrected chi connectivity index (χ0v) is 11.6. The highest BCUT2D eigenvalue weighted by atomic mass is 35.5. The van der Waals surface area contributed by atoms with Crippen molar-refractivity contribution < 1.29 is 5.11 Å². The number of halogens is 2. The highest BCUT2D eigenvalue weighted by molar-refractivity contribution is 7.17. The summed E-state index contributed by atoms with van der Waals surface area (Å²) < 4.78 is 1.20. The molecule has 0 radical (unpaired) electrons. The van der Waals surface area contributed by atoms with Crippen LogP contribution in [-0.2, 0) is 0 Å². The fourth-order valence-electron chi connectivity index (χ4n) is 1.80. The molecule has 1 heterocycles. The first-order valence-corrected chi connectivity index (χ1v) is 6.99. The SMILES string of the molecule is CNC(C(Cl)Cl)C(O)c1ccc2sccc2c1. The van der Waals surface area contributed by atoms with Gasteiger partial charge in [-0.25, -0.2) is 0 Å². The Bertz CT molecular complexity index is 500. The van der Waals surface area contributed by atoms with Gasteiger partial charge in [-0.2, -0.15) is 0 Å². The highest BCUT2D eigenvalue weighted by Gasteiger charge is 2.25. The molecule has 0 aliphatic carbocycles. The van der Waals surface area contributed by atoms with Crippen LogP contribution >= 0.6 is 34.5 Å². The van der Waals surface area contributed by atoms with Crippen LogP contribution in [0.15, 0.2) is 29.6 Å². The first-order chi connectivity index (χ1) is 8.13. The fraction of sp³-hybridized carbons (Fsp3) is 0.333. The van der Waals surface area contributed by atoms with Gasteiger partial charge in [0.05, 0.1) is 12.1 Å². The van der Waals surface area contributed by atoms with Crippen molar-refractivity contribution in [3.63, 3.8) is 0 Å². The van der Waals surface area contributed by atoms with Crippen LogP contribution in [0.4, 0.5) is 0 Å². The summed E-state index contributed by atoms with van der Waals surface area (Å²) in [5.74, 6) is 0. The number of aliphatic hydroxyl groups is 1. The summed E-state index contributed by atoms with van der Waals surface area (Å²) in [6, 6.07) is 7.53. The van der Waals surface area contributed by atoms with Crippen LogP contribution in [0.2, 0.25) is 0 Å². The van der Waals surface area contributed by atoms with E-state index in [1.54, 1.807) is 18.4 Å². The highest BCUT2D eigenvalue weighted by Crippen LogP contribution is 2.28. The standard InChI is InChI=1S/C12H13Cl2NOS/c1-15-10(12(13)14)11(16)8-2-3-9-7(6-8)4-5-17-9/h2-6,10-12,15-16H,1H3. The van der Waals surface area contributed by atoms with E-state index in [-0.39, 0.29) is 6.04 Å². The Labute approximate surface area is 114 Å². The van der Waals surface area contributed by atoms with Gasteiger partial charge in [0.15, 0.2) is 0 Å². The van der Waals surface area contributed by atoms with Crippen LogP contribution in [0, 0.1) is 0 Å². The molecule has 0 aliphatic heterocycles. The second-order valence-electron chi connectivity index (χ2n) is 3.81. The Morgan fingerprint density at radius 2 is 2.06 bits per heavy atom. The summed E-state index contributed by atoms with van der Waals surface area (Å²) in [6.07, 6.45) is -0.718. The lowest BCUT2D eigenvalue weighted by Gasteiger charge is -2.23. The van der Waals surface area contributed by atoms with Gasteiger partial charge in [-0.05, 0) is 41.6 Å². The number of hydrogen-bond donors (Lipinski definition) is 2. The van der Waals surface area contributed by atoms with E-state index < -0.39 is 10.9 Å². The van der Waals surface area contributed by atoms with Crippen molar-refractivity contribution in [2.75, 3.05) is 7.05 Å². The lowest BCUT2D eigenvalue weighted by atomic mass is 10.0. The van der Waals surface area contributed by atoms with Crippen LogP contribution in [-0.4, -0.2) is 23.0 Å². The number of likely N-dealkylation sites (N-methyl/N-ethyl adjacent to an activating group) is 1. The van der Waals surface area contributed by atoms with Gasteiger partial charge in [-0.1, -0.05) is 6.07 Å². The van der Waals surface area contributed by atoms with Crippen molar-refractivity contribution in [3.8, 4) is 0 Å². The molecule has 0 spiro atoms. The van der Waals surface area contributed by atoms with Crippen LogP contribution in [0.3, 0.4) is 0 Å². The number of hydrogen-bond acceptors (Lipinski definition) is 3. The van der Waals surface area contributed by atoms with Gasteiger partial charge >= 0.3 is 0 Å². The minimum absolute atomic E-state index is 0.380. The Morgan fingerprint density at radius 1 is 1.29 bits per heavy atom. The predicted molar refractivity (Wildman–Crippen MR) is 75.1 cm³/mol. The van der Waals surface area contributed by atoms with E-state index in [0.29, 0.717) is 0 Å². The van der Waals surface area contributed by atoms with Crippen molar-refractivity contribution in [1.29, 1.82) is 0 Å². The van der Waals surface area contributed by atoms with E-state index in [1.807, 2.05) is 29.6 Å². The maximum atomic E-state index is 10.2. The molecule has 0 saturated heterocycles. The van der Waals surface area contributed by atoms with E-state index >= 15 is 0 Å². The average molecular weight is 290 g/mol. The smallest absolute Gasteiger partial charge is 0.125 e. The number of nitrogens with one attached hydrogen (secondary N) is 1. The Kier molecular flexibility index (Phi) is 4.28. The van der Waals surface area contributed by atoms with Gasteiger partial charge in [0, 0.05) is 4.70 Å². The van der Waals surface area contributed by atoms with Crippen LogP contribution in [0.25, 0.3) is 10.1 Å². The lowest BCUT2D eigenvalue weighted by molar-refractivity contribution is 0.138. The molecule has 2 unspecified atom stereocenters. The number of benzene rings is 1. The van der Waals surface area contributed by atoms with Gasteiger partial charge in [0.1, 0.15) is 4.84 Å². The summed E-state index contributed by atoms with van der Waals surface area (Å²) in [5, 5.41) is 16.3. The average Bonchev–Trinajstić information content (AvgIpc) is 2.75.